The lowest BCUT2D eigenvalue weighted by Crippen LogP contribution is -2.42. The average Bonchev–Trinajstić information content (AvgIpc) is 2.15. The molecule has 0 radical (unpaired) electrons. The van der Waals surface area contributed by atoms with Crippen molar-refractivity contribution >= 4 is 22.9 Å². The quantitative estimate of drug-likeness (QED) is 0.790. The first-order valence-electron chi connectivity index (χ1n) is 5.69. The maximum atomic E-state index is 5.73. The fraction of sp³-hybridized carbons (Fsp3) is 0.462. The van der Waals surface area contributed by atoms with Gasteiger partial charge in [-0.25, -0.2) is 0 Å². The number of aryl methyl sites for hydroxylation is 1. The van der Waals surface area contributed by atoms with Crippen molar-refractivity contribution in [3.8, 4) is 0 Å². The second-order valence-corrected chi connectivity index (χ2v) is 5.39. The summed E-state index contributed by atoms with van der Waals surface area (Å²) in [6.07, 6.45) is 3.74. The number of hydrogen-bond donors (Lipinski definition) is 2. The van der Waals surface area contributed by atoms with Gasteiger partial charge in [0.25, 0.3) is 0 Å². The van der Waals surface area contributed by atoms with E-state index in [1.165, 1.54) is 24.8 Å². The molecule has 0 saturated heterocycles. The zero-order chi connectivity index (χ0) is 11.8. The van der Waals surface area contributed by atoms with Crippen LogP contribution in [-0.2, 0) is 0 Å². The zero-order valence-corrected chi connectivity index (χ0v) is 10.7. The molecule has 0 atom stereocenters. The molecule has 0 spiro atoms. The van der Waals surface area contributed by atoms with Crippen molar-refractivity contribution in [2.75, 3.05) is 5.32 Å². The highest BCUT2D eigenvalue weighted by atomic mass is 32.1. The van der Waals surface area contributed by atoms with E-state index in [4.69, 9.17) is 18.0 Å². The van der Waals surface area contributed by atoms with Crippen molar-refractivity contribution in [2.45, 2.75) is 38.6 Å². The Kier molecular flexibility index (Phi) is 2.89. The topological polar surface area (TPSA) is 38.0 Å². The molecule has 2 rings (SSSR count). The van der Waals surface area contributed by atoms with Crippen LogP contribution in [0.1, 0.15) is 37.3 Å². The van der Waals surface area contributed by atoms with Crippen molar-refractivity contribution in [3.63, 3.8) is 0 Å². The Labute approximate surface area is 102 Å². The van der Waals surface area contributed by atoms with Gasteiger partial charge >= 0.3 is 0 Å². The Morgan fingerprint density at radius 3 is 2.62 bits per heavy atom. The molecule has 0 aromatic heterocycles. The van der Waals surface area contributed by atoms with Crippen LogP contribution in [-0.4, -0.2) is 10.5 Å². The highest BCUT2D eigenvalue weighted by Crippen LogP contribution is 2.35. The summed E-state index contributed by atoms with van der Waals surface area (Å²) >= 11 is 5.07. The third-order valence-corrected chi connectivity index (χ3v) is 3.55. The van der Waals surface area contributed by atoms with E-state index in [0.29, 0.717) is 4.99 Å². The van der Waals surface area contributed by atoms with Crippen LogP contribution in [0, 0.1) is 6.92 Å². The van der Waals surface area contributed by atoms with Crippen LogP contribution in [0.15, 0.2) is 18.2 Å². The fourth-order valence-corrected chi connectivity index (χ4v) is 2.31. The third kappa shape index (κ3) is 2.19. The highest BCUT2D eigenvalue weighted by molar-refractivity contribution is 7.80. The van der Waals surface area contributed by atoms with Crippen molar-refractivity contribution in [1.29, 1.82) is 0 Å². The van der Waals surface area contributed by atoms with Gasteiger partial charge in [-0.05, 0) is 50.8 Å². The molecule has 0 unspecified atom stereocenters. The van der Waals surface area contributed by atoms with E-state index in [-0.39, 0.29) is 5.54 Å². The predicted molar refractivity (Wildman–Crippen MR) is 72.9 cm³/mol. The minimum absolute atomic E-state index is 0.229. The summed E-state index contributed by atoms with van der Waals surface area (Å²) in [6, 6.07) is 6.17. The summed E-state index contributed by atoms with van der Waals surface area (Å²) in [5.74, 6) is 0. The van der Waals surface area contributed by atoms with E-state index in [1.54, 1.807) is 0 Å². The Morgan fingerprint density at radius 1 is 1.44 bits per heavy atom. The Bertz CT molecular complexity index is 422. The first-order valence-corrected chi connectivity index (χ1v) is 6.10. The van der Waals surface area contributed by atoms with Crippen LogP contribution in [0.3, 0.4) is 0 Å². The largest absolute Gasteiger partial charge is 0.389 e. The number of thiocarbonyl (C=S) groups is 1. The first-order chi connectivity index (χ1) is 7.50. The third-order valence-electron chi connectivity index (χ3n) is 3.33. The molecule has 0 heterocycles. The van der Waals surface area contributed by atoms with E-state index >= 15 is 0 Å². The lowest BCUT2D eigenvalue weighted by Gasteiger charge is -2.40. The minimum Gasteiger partial charge on any atom is -0.389 e. The van der Waals surface area contributed by atoms with Crippen LogP contribution in [0.2, 0.25) is 0 Å². The molecule has 0 amide bonds. The van der Waals surface area contributed by atoms with E-state index in [9.17, 15) is 0 Å². The number of nitrogens with one attached hydrogen (secondary N) is 1. The van der Waals surface area contributed by atoms with Crippen LogP contribution >= 0.6 is 12.2 Å². The van der Waals surface area contributed by atoms with Crippen molar-refractivity contribution in [3.05, 3.63) is 29.3 Å². The molecular formula is C13H18N2S. The maximum absolute atomic E-state index is 5.73. The smallest absolute Gasteiger partial charge is 0.106 e. The number of benzene rings is 1. The lowest BCUT2D eigenvalue weighted by atomic mass is 9.78. The zero-order valence-electron chi connectivity index (χ0n) is 9.84. The summed E-state index contributed by atoms with van der Waals surface area (Å²) in [4.78, 5) is 0.463. The Balaban J connectivity index is 2.30. The molecule has 1 aromatic carbocycles. The SMILES string of the molecule is Cc1ccc(C(N)=S)c(NC2(C)CCC2)c1. The van der Waals surface area contributed by atoms with E-state index in [2.05, 4.69) is 25.2 Å². The van der Waals surface area contributed by atoms with Gasteiger partial charge in [0.15, 0.2) is 0 Å². The molecule has 3 N–H and O–H groups in total. The normalized spacial score (nSPS) is 17.6. The predicted octanol–water partition coefficient (Wildman–Crippen LogP) is 2.98. The number of anilines is 1. The van der Waals surface area contributed by atoms with E-state index in [0.717, 1.165) is 11.3 Å². The average molecular weight is 234 g/mol. The van der Waals surface area contributed by atoms with Gasteiger partial charge in [-0.3, -0.25) is 0 Å². The first kappa shape index (κ1) is 11.4. The standard InChI is InChI=1S/C13H18N2S/c1-9-4-5-10(12(14)16)11(8-9)15-13(2)6-3-7-13/h4-5,8,15H,3,6-7H2,1-2H3,(H2,14,16). The number of rotatable bonds is 3. The van der Waals surface area contributed by atoms with Gasteiger partial charge in [0.2, 0.25) is 0 Å². The van der Waals surface area contributed by atoms with Gasteiger partial charge in [-0.15, -0.1) is 0 Å². The van der Waals surface area contributed by atoms with Gasteiger partial charge in [-0.1, -0.05) is 18.3 Å². The molecule has 2 nitrogen and oxygen atoms in total. The molecular weight excluding hydrogens is 216 g/mol. The Hall–Kier alpha value is -1.09. The van der Waals surface area contributed by atoms with Crippen molar-refractivity contribution in [2.24, 2.45) is 5.73 Å². The Morgan fingerprint density at radius 2 is 2.12 bits per heavy atom. The molecule has 1 aliphatic rings. The summed E-state index contributed by atoms with van der Waals surface area (Å²) in [5.41, 5.74) is 9.22. The van der Waals surface area contributed by atoms with E-state index < -0.39 is 0 Å². The summed E-state index contributed by atoms with van der Waals surface area (Å²) in [6.45, 7) is 4.33. The van der Waals surface area contributed by atoms with E-state index in [1.807, 2.05) is 12.1 Å². The molecule has 1 aliphatic carbocycles. The number of nitrogens with two attached hydrogens (primary N) is 1. The number of hydrogen-bond acceptors (Lipinski definition) is 2. The molecule has 1 fully saturated rings. The van der Waals surface area contributed by atoms with Gasteiger partial charge in [0, 0.05) is 16.8 Å². The summed E-state index contributed by atoms with van der Waals surface area (Å²) in [7, 11) is 0. The fourth-order valence-electron chi connectivity index (χ4n) is 2.13. The molecule has 1 saturated carbocycles. The molecule has 0 aliphatic heterocycles. The van der Waals surface area contributed by atoms with Crippen LogP contribution < -0.4 is 11.1 Å². The molecule has 1 aromatic rings. The van der Waals surface area contributed by atoms with Crippen LogP contribution in [0.4, 0.5) is 5.69 Å². The van der Waals surface area contributed by atoms with Crippen molar-refractivity contribution in [1.82, 2.24) is 0 Å². The highest BCUT2D eigenvalue weighted by Gasteiger charge is 2.31. The second-order valence-electron chi connectivity index (χ2n) is 4.95. The van der Waals surface area contributed by atoms with Crippen LogP contribution in [0.5, 0.6) is 0 Å². The molecule has 0 bridgehead atoms. The lowest BCUT2D eigenvalue weighted by molar-refractivity contribution is 0.306. The minimum atomic E-state index is 0.229. The molecule has 16 heavy (non-hydrogen) atoms. The van der Waals surface area contributed by atoms with Gasteiger partial charge < -0.3 is 11.1 Å². The van der Waals surface area contributed by atoms with Crippen LogP contribution in [0.25, 0.3) is 0 Å². The molecule has 3 heteroatoms. The van der Waals surface area contributed by atoms with Gasteiger partial charge in [-0.2, -0.15) is 0 Å². The van der Waals surface area contributed by atoms with Crippen molar-refractivity contribution < 1.29 is 0 Å². The maximum Gasteiger partial charge on any atom is 0.106 e. The van der Waals surface area contributed by atoms with Gasteiger partial charge in [0.1, 0.15) is 4.99 Å². The van der Waals surface area contributed by atoms with Gasteiger partial charge in [0.05, 0.1) is 0 Å². The second kappa shape index (κ2) is 4.06. The summed E-state index contributed by atoms with van der Waals surface area (Å²) < 4.78 is 0. The summed E-state index contributed by atoms with van der Waals surface area (Å²) in [5, 5.41) is 3.58. The monoisotopic (exact) mass is 234 g/mol. The molecule has 86 valence electrons.